The van der Waals surface area contributed by atoms with Crippen LogP contribution in [0.5, 0.6) is 0 Å². The van der Waals surface area contributed by atoms with Gasteiger partial charge in [-0.2, -0.15) is 0 Å². The Morgan fingerprint density at radius 3 is 2.44 bits per heavy atom. The van der Waals surface area contributed by atoms with Gasteiger partial charge in [0.25, 0.3) is 0 Å². The lowest BCUT2D eigenvalue weighted by molar-refractivity contribution is -0.115. The highest BCUT2D eigenvalue weighted by Gasteiger charge is 2.12. The van der Waals surface area contributed by atoms with Crippen LogP contribution in [0.2, 0.25) is 0 Å². The van der Waals surface area contributed by atoms with Crippen molar-refractivity contribution in [3.8, 4) is 0 Å². The van der Waals surface area contributed by atoms with Gasteiger partial charge < -0.3 is 4.74 Å². The molecule has 0 unspecified atom stereocenters. The third kappa shape index (κ3) is 5.94. The van der Waals surface area contributed by atoms with E-state index in [4.69, 9.17) is 4.74 Å². The summed E-state index contributed by atoms with van der Waals surface area (Å²) in [5.41, 5.74) is 0.462. The van der Waals surface area contributed by atoms with E-state index in [0.717, 1.165) is 18.6 Å². The van der Waals surface area contributed by atoms with Crippen molar-refractivity contribution in [2.24, 2.45) is 5.41 Å². The first-order valence-corrected chi connectivity index (χ1v) is 6.33. The molecule has 1 heterocycles. The average molecular weight is 224 g/mol. The lowest BCUT2D eigenvalue weighted by atomic mass is 9.89. The summed E-state index contributed by atoms with van der Waals surface area (Å²) in [6.45, 7) is 7.13. The molecule has 0 spiro atoms. The van der Waals surface area contributed by atoms with Crippen LogP contribution in [0.1, 0.15) is 59.3 Å². The second kappa shape index (κ2) is 6.07. The molecule has 0 radical (unpaired) electrons. The molecule has 2 nitrogen and oxygen atoms in total. The Labute approximate surface area is 99.1 Å². The van der Waals surface area contributed by atoms with E-state index in [1.807, 2.05) is 0 Å². The summed E-state index contributed by atoms with van der Waals surface area (Å²) in [6.07, 6.45) is 8.86. The summed E-state index contributed by atoms with van der Waals surface area (Å²) < 4.78 is 5.24. The van der Waals surface area contributed by atoms with Gasteiger partial charge in [-0.15, -0.1) is 0 Å². The van der Waals surface area contributed by atoms with Gasteiger partial charge in [-0.3, -0.25) is 4.79 Å². The predicted molar refractivity (Wildman–Crippen MR) is 66.2 cm³/mol. The molecule has 0 bridgehead atoms. The predicted octanol–water partition coefficient (Wildman–Crippen LogP) is 3.86. The van der Waals surface area contributed by atoms with Crippen molar-refractivity contribution in [3.63, 3.8) is 0 Å². The average Bonchev–Trinajstić information content (AvgIpc) is 2.56. The molecule has 1 aliphatic heterocycles. The van der Waals surface area contributed by atoms with Gasteiger partial charge in [0.1, 0.15) is 5.76 Å². The topological polar surface area (TPSA) is 26.3 Å². The molecule has 0 aliphatic carbocycles. The number of ether oxygens (including phenoxy) is 1. The molecule has 92 valence electrons. The van der Waals surface area contributed by atoms with Crippen LogP contribution in [-0.2, 0) is 9.53 Å². The molecule has 0 fully saturated rings. The molecule has 0 saturated heterocycles. The molecule has 0 N–H and O–H groups in total. The molecule has 0 saturated carbocycles. The largest absolute Gasteiger partial charge is 0.490 e. The van der Waals surface area contributed by atoms with Gasteiger partial charge in [0.05, 0.1) is 0 Å². The fourth-order valence-corrected chi connectivity index (χ4v) is 1.88. The zero-order chi connectivity index (χ0) is 12.0. The van der Waals surface area contributed by atoms with Crippen molar-refractivity contribution in [2.45, 2.75) is 59.3 Å². The molecule has 0 aromatic carbocycles. The van der Waals surface area contributed by atoms with Gasteiger partial charge >= 0.3 is 0 Å². The quantitative estimate of drug-likeness (QED) is 0.640. The van der Waals surface area contributed by atoms with E-state index in [1.54, 1.807) is 6.08 Å². The first-order valence-electron chi connectivity index (χ1n) is 6.33. The molecular weight excluding hydrogens is 200 g/mol. The van der Waals surface area contributed by atoms with E-state index < -0.39 is 0 Å². The molecule has 2 heteroatoms. The highest BCUT2D eigenvalue weighted by atomic mass is 16.5. The molecule has 16 heavy (non-hydrogen) atoms. The van der Waals surface area contributed by atoms with Gasteiger partial charge in [-0.25, -0.2) is 0 Å². The molecule has 0 amide bonds. The Morgan fingerprint density at radius 1 is 1.19 bits per heavy atom. The number of unbranched alkanes of at least 4 members (excludes halogenated alkanes) is 3. The summed E-state index contributed by atoms with van der Waals surface area (Å²) in [6, 6.07) is 0. The van der Waals surface area contributed by atoms with E-state index in [0.29, 0.717) is 5.41 Å². The molecular formula is C14H24O2. The Hall–Kier alpha value is -0.790. The van der Waals surface area contributed by atoms with E-state index in [2.05, 4.69) is 20.8 Å². The van der Waals surface area contributed by atoms with Crippen LogP contribution in [0.3, 0.4) is 0 Å². The van der Waals surface area contributed by atoms with Crippen molar-refractivity contribution in [2.75, 3.05) is 6.61 Å². The second-order valence-electron chi connectivity index (χ2n) is 5.84. The van der Waals surface area contributed by atoms with E-state index in [1.165, 1.54) is 25.7 Å². The lowest BCUT2D eigenvalue weighted by Gasteiger charge is -2.17. The summed E-state index contributed by atoms with van der Waals surface area (Å²) >= 11 is 0. The summed E-state index contributed by atoms with van der Waals surface area (Å²) in [4.78, 5) is 10.9. The SMILES string of the molecule is CC(C)(C)CCCCCCC1=CC(=O)CO1. The van der Waals surface area contributed by atoms with Gasteiger partial charge in [-0.05, 0) is 18.3 Å². The van der Waals surface area contributed by atoms with Crippen molar-refractivity contribution in [1.29, 1.82) is 0 Å². The first kappa shape index (κ1) is 13.3. The van der Waals surface area contributed by atoms with Crippen molar-refractivity contribution in [3.05, 3.63) is 11.8 Å². The van der Waals surface area contributed by atoms with Crippen LogP contribution >= 0.6 is 0 Å². The zero-order valence-electron chi connectivity index (χ0n) is 10.8. The number of rotatable bonds is 6. The minimum Gasteiger partial charge on any atom is -0.490 e. The normalized spacial score (nSPS) is 16.2. The maximum Gasteiger partial charge on any atom is 0.196 e. The lowest BCUT2D eigenvalue weighted by Crippen LogP contribution is -2.03. The Bertz CT molecular complexity index is 258. The first-order chi connectivity index (χ1) is 7.47. The standard InChI is InChI=1S/C14H24O2/c1-14(2,3)9-7-5-4-6-8-13-10-12(15)11-16-13/h10H,4-9,11H2,1-3H3. The summed E-state index contributed by atoms with van der Waals surface area (Å²) in [5, 5.41) is 0. The van der Waals surface area contributed by atoms with Gasteiger partial charge in [0.15, 0.2) is 12.4 Å². The number of carbonyl (C=O) groups is 1. The van der Waals surface area contributed by atoms with Crippen molar-refractivity contribution >= 4 is 5.78 Å². The monoisotopic (exact) mass is 224 g/mol. The number of hydrogen-bond acceptors (Lipinski definition) is 2. The van der Waals surface area contributed by atoms with Crippen LogP contribution in [-0.4, -0.2) is 12.4 Å². The van der Waals surface area contributed by atoms with E-state index >= 15 is 0 Å². The minimum absolute atomic E-state index is 0.114. The smallest absolute Gasteiger partial charge is 0.196 e. The van der Waals surface area contributed by atoms with Crippen LogP contribution in [0, 0.1) is 5.41 Å². The van der Waals surface area contributed by atoms with Crippen molar-refractivity contribution in [1.82, 2.24) is 0 Å². The van der Waals surface area contributed by atoms with Crippen LogP contribution in [0.4, 0.5) is 0 Å². The van der Waals surface area contributed by atoms with Crippen LogP contribution in [0.15, 0.2) is 11.8 Å². The Morgan fingerprint density at radius 2 is 1.88 bits per heavy atom. The molecule has 0 aromatic heterocycles. The van der Waals surface area contributed by atoms with Gasteiger partial charge in [0.2, 0.25) is 0 Å². The number of carbonyl (C=O) groups excluding carboxylic acids is 1. The summed E-state index contributed by atoms with van der Waals surface area (Å²) in [7, 11) is 0. The second-order valence-corrected chi connectivity index (χ2v) is 5.84. The van der Waals surface area contributed by atoms with Crippen LogP contribution in [0.25, 0.3) is 0 Å². The number of allylic oxidation sites excluding steroid dienone is 1. The maximum atomic E-state index is 10.9. The molecule has 1 rings (SSSR count). The molecule has 1 aliphatic rings. The fourth-order valence-electron chi connectivity index (χ4n) is 1.88. The van der Waals surface area contributed by atoms with Crippen LogP contribution < -0.4 is 0 Å². The third-order valence-corrected chi connectivity index (χ3v) is 2.82. The minimum atomic E-state index is 0.114. The van der Waals surface area contributed by atoms with Crippen molar-refractivity contribution < 1.29 is 9.53 Å². The fraction of sp³-hybridized carbons (Fsp3) is 0.786. The van der Waals surface area contributed by atoms with E-state index in [-0.39, 0.29) is 12.4 Å². The van der Waals surface area contributed by atoms with E-state index in [9.17, 15) is 4.79 Å². The zero-order valence-corrected chi connectivity index (χ0v) is 10.8. The maximum absolute atomic E-state index is 10.9. The number of ketones is 1. The molecule has 0 atom stereocenters. The van der Waals surface area contributed by atoms with Gasteiger partial charge in [0, 0.05) is 12.5 Å². The highest BCUT2D eigenvalue weighted by molar-refractivity contribution is 5.92. The van der Waals surface area contributed by atoms with Gasteiger partial charge in [-0.1, -0.05) is 40.0 Å². The molecule has 0 aromatic rings. The Kier molecular flexibility index (Phi) is 5.04. The third-order valence-electron chi connectivity index (χ3n) is 2.82. The summed E-state index contributed by atoms with van der Waals surface area (Å²) in [5.74, 6) is 1.00. The Balaban J connectivity index is 1.96. The number of hydrogen-bond donors (Lipinski definition) is 0. The highest BCUT2D eigenvalue weighted by Crippen LogP contribution is 2.23.